The summed E-state index contributed by atoms with van der Waals surface area (Å²) in [5.41, 5.74) is 0.966. The number of hydrogen-bond acceptors (Lipinski definition) is 4. The maximum absolute atomic E-state index is 5.48. The summed E-state index contributed by atoms with van der Waals surface area (Å²) in [7, 11) is 3.71. The summed E-state index contributed by atoms with van der Waals surface area (Å²) in [5.74, 6) is 0. The van der Waals surface area contributed by atoms with Crippen LogP contribution in [0.15, 0.2) is 5.38 Å². The number of hydrogen-bond donors (Lipinski definition) is 1. The van der Waals surface area contributed by atoms with E-state index in [4.69, 9.17) is 4.74 Å². The zero-order valence-electron chi connectivity index (χ0n) is 10.1. The number of ether oxygens (including phenoxy) is 1. The van der Waals surface area contributed by atoms with Gasteiger partial charge in [0.1, 0.15) is 0 Å². The maximum atomic E-state index is 5.48. The van der Waals surface area contributed by atoms with Gasteiger partial charge in [-0.15, -0.1) is 11.3 Å². The first-order valence-electron chi connectivity index (χ1n) is 5.13. The Kier molecular flexibility index (Phi) is 4.25. The molecule has 1 rings (SSSR count). The maximum Gasteiger partial charge on any atom is 0.0897 e. The highest BCUT2D eigenvalue weighted by Gasteiger charge is 2.28. The second-order valence-corrected chi connectivity index (χ2v) is 5.27. The Labute approximate surface area is 95.9 Å². The van der Waals surface area contributed by atoms with Crippen LogP contribution in [-0.4, -0.2) is 30.8 Å². The summed E-state index contributed by atoms with van der Waals surface area (Å²) >= 11 is 1.70. The van der Waals surface area contributed by atoms with Crippen LogP contribution in [0, 0.1) is 6.92 Å². The summed E-state index contributed by atoms with van der Waals surface area (Å²) in [6.45, 7) is 6.21. The van der Waals surface area contributed by atoms with Crippen molar-refractivity contribution in [3.05, 3.63) is 16.1 Å². The van der Waals surface area contributed by atoms with Crippen LogP contribution in [0.1, 0.15) is 24.5 Å². The van der Waals surface area contributed by atoms with Gasteiger partial charge >= 0.3 is 0 Å². The Morgan fingerprint density at radius 1 is 1.60 bits per heavy atom. The van der Waals surface area contributed by atoms with Gasteiger partial charge < -0.3 is 10.1 Å². The Morgan fingerprint density at radius 2 is 2.27 bits per heavy atom. The van der Waals surface area contributed by atoms with E-state index in [0.717, 1.165) is 17.1 Å². The number of nitrogens with zero attached hydrogens (tertiary/aromatic N) is 1. The number of nitrogens with one attached hydrogen (secondary N) is 1. The molecule has 0 aliphatic rings. The normalized spacial score (nSPS) is 14.2. The molecule has 3 nitrogen and oxygen atoms in total. The van der Waals surface area contributed by atoms with E-state index in [1.807, 2.05) is 14.0 Å². The molecule has 0 bridgehead atoms. The molecule has 1 atom stereocenters. The van der Waals surface area contributed by atoms with Gasteiger partial charge in [-0.3, -0.25) is 0 Å². The van der Waals surface area contributed by atoms with Crippen LogP contribution in [0.2, 0.25) is 0 Å². The number of likely N-dealkylation sites (N-methyl/N-ethyl adjacent to an activating group) is 1. The highest BCUT2D eigenvalue weighted by Crippen LogP contribution is 2.18. The zero-order chi connectivity index (χ0) is 11.5. The Bertz CT molecular complexity index is 309. The van der Waals surface area contributed by atoms with Gasteiger partial charge in [-0.2, -0.15) is 0 Å². The van der Waals surface area contributed by atoms with E-state index in [0.29, 0.717) is 0 Å². The molecule has 0 saturated carbocycles. The molecule has 0 aliphatic heterocycles. The standard InChI is InChI=1S/C11H20N2OS/c1-8-13-9(7-15-8)6-10(12-4)11(2,3)14-5/h7,10,12H,6H2,1-5H3. The van der Waals surface area contributed by atoms with Gasteiger partial charge in [0.05, 0.1) is 16.3 Å². The first-order valence-corrected chi connectivity index (χ1v) is 6.01. The summed E-state index contributed by atoms with van der Waals surface area (Å²) in [6.07, 6.45) is 0.904. The average Bonchev–Trinajstić information content (AvgIpc) is 2.60. The van der Waals surface area contributed by atoms with E-state index in [-0.39, 0.29) is 11.6 Å². The van der Waals surface area contributed by atoms with E-state index in [1.165, 1.54) is 0 Å². The van der Waals surface area contributed by atoms with E-state index in [1.54, 1.807) is 18.4 Å². The van der Waals surface area contributed by atoms with Crippen molar-refractivity contribution < 1.29 is 4.74 Å². The van der Waals surface area contributed by atoms with Gasteiger partial charge in [0.25, 0.3) is 0 Å². The van der Waals surface area contributed by atoms with E-state index in [2.05, 4.69) is 29.5 Å². The third kappa shape index (κ3) is 3.26. The van der Waals surface area contributed by atoms with Crippen LogP contribution in [0.3, 0.4) is 0 Å². The molecule has 0 aliphatic carbocycles. The van der Waals surface area contributed by atoms with Crippen LogP contribution in [0.25, 0.3) is 0 Å². The molecule has 0 amide bonds. The second-order valence-electron chi connectivity index (χ2n) is 4.21. The minimum Gasteiger partial charge on any atom is -0.377 e. The van der Waals surface area contributed by atoms with E-state index in [9.17, 15) is 0 Å². The second kappa shape index (κ2) is 5.05. The molecule has 4 heteroatoms. The highest BCUT2D eigenvalue weighted by molar-refractivity contribution is 7.09. The zero-order valence-corrected chi connectivity index (χ0v) is 10.9. The minimum atomic E-state index is -0.174. The molecule has 0 fully saturated rings. The van der Waals surface area contributed by atoms with Crippen molar-refractivity contribution in [1.29, 1.82) is 0 Å². The van der Waals surface area contributed by atoms with Crippen molar-refractivity contribution in [2.24, 2.45) is 0 Å². The number of aromatic nitrogens is 1. The lowest BCUT2D eigenvalue weighted by atomic mass is 9.94. The van der Waals surface area contributed by atoms with E-state index < -0.39 is 0 Å². The van der Waals surface area contributed by atoms with Crippen LogP contribution in [0.4, 0.5) is 0 Å². The fraction of sp³-hybridized carbons (Fsp3) is 0.727. The van der Waals surface area contributed by atoms with Crippen molar-refractivity contribution >= 4 is 11.3 Å². The predicted octanol–water partition coefficient (Wildman–Crippen LogP) is 2.01. The number of rotatable bonds is 5. The van der Waals surface area contributed by atoms with Gasteiger partial charge in [0.15, 0.2) is 0 Å². The lowest BCUT2D eigenvalue weighted by Crippen LogP contribution is -2.48. The smallest absolute Gasteiger partial charge is 0.0897 e. The SMILES string of the molecule is CNC(Cc1csc(C)n1)C(C)(C)OC. The molecule has 1 heterocycles. The largest absolute Gasteiger partial charge is 0.377 e. The van der Waals surface area contributed by atoms with Gasteiger partial charge in [-0.25, -0.2) is 4.98 Å². The molecule has 0 spiro atoms. The molecule has 86 valence electrons. The van der Waals surface area contributed by atoms with Gasteiger partial charge in [-0.1, -0.05) is 0 Å². The molecule has 15 heavy (non-hydrogen) atoms. The summed E-state index contributed by atoms with van der Waals surface area (Å²) in [4.78, 5) is 4.47. The van der Waals surface area contributed by atoms with Crippen LogP contribution >= 0.6 is 11.3 Å². The molecule has 1 aromatic rings. The minimum absolute atomic E-state index is 0.174. The quantitative estimate of drug-likeness (QED) is 0.837. The van der Waals surface area contributed by atoms with Crippen molar-refractivity contribution in [2.45, 2.75) is 38.8 Å². The monoisotopic (exact) mass is 228 g/mol. The Morgan fingerprint density at radius 3 is 2.67 bits per heavy atom. The van der Waals surface area contributed by atoms with Crippen LogP contribution < -0.4 is 5.32 Å². The highest BCUT2D eigenvalue weighted by atomic mass is 32.1. The Hall–Kier alpha value is -0.450. The van der Waals surface area contributed by atoms with Crippen molar-refractivity contribution in [3.63, 3.8) is 0 Å². The van der Waals surface area contributed by atoms with Crippen molar-refractivity contribution in [1.82, 2.24) is 10.3 Å². The molecular formula is C11H20N2OS. The molecule has 0 saturated heterocycles. The van der Waals surface area contributed by atoms with E-state index >= 15 is 0 Å². The molecule has 0 aromatic carbocycles. The molecular weight excluding hydrogens is 208 g/mol. The Balaban J connectivity index is 2.69. The lowest BCUT2D eigenvalue weighted by molar-refractivity contribution is -0.00819. The third-order valence-corrected chi connectivity index (χ3v) is 3.62. The molecule has 1 N–H and O–H groups in total. The topological polar surface area (TPSA) is 34.2 Å². The van der Waals surface area contributed by atoms with Gasteiger partial charge in [0, 0.05) is 25.0 Å². The van der Waals surface area contributed by atoms with Crippen LogP contribution in [-0.2, 0) is 11.2 Å². The van der Waals surface area contributed by atoms with Crippen molar-refractivity contribution in [2.75, 3.05) is 14.2 Å². The third-order valence-electron chi connectivity index (χ3n) is 2.79. The van der Waals surface area contributed by atoms with Gasteiger partial charge in [0.2, 0.25) is 0 Å². The first-order chi connectivity index (χ1) is 6.99. The average molecular weight is 228 g/mol. The van der Waals surface area contributed by atoms with Crippen LogP contribution in [0.5, 0.6) is 0 Å². The number of methoxy groups -OCH3 is 1. The fourth-order valence-electron chi connectivity index (χ4n) is 1.55. The summed E-state index contributed by atoms with van der Waals surface area (Å²) in [6, 6.07) is 0.281. The summed E-state index contributed by atoms with van der Waals surface area (Å²) < 4.78 is 5.48. The number of thiazole rings is 1. The van der Waals surface area contributed by atoms with Crippen molar-refractivity contribution in [3.8, 4) is 0 Å². The molecule has 1 aromatic heterocycles. The van der Waals surface area contributed by atoms with Gasteiger partial charge in [-0.05, 0) is 27.8 Å². The predicted molar refractivity (Wildman–Crippen MR) is 64.5 cm³/mol. The lowest BCUT2D eigenvalue weighted by Gasteiger charge is -2.32. The fourth-order valence-corrected chi connectivity index (χ4v) is 2.17. The first kappa shape index (κ1) is 12.6. The molecule has 1 unspecified atom stereocenters. The number of aryl methyl sites for hydroxylation is 1. The summed E-state index contributed by atoms with van der Waals surface area (Å²) in [5, 5.41) is 6.53. The molecule has 0 radical (unpaired) electrons.